The number of para-hydroxylation sites is 1. The van der Waals surface area contributed by atoms with Crippen molar-refractivity contribution in [1.29, 1.82) is 0 Å². The van der Waals surface area contributed by atoms with Gasteiger partial charge in [-0.05, 0) is 12.1 Å². The molecule has 1 amide bonds. The molecule has 0 bridgehead atoms. The number of hydrogen-bond donors (Lipinski definition) is 1. The number of H-pyrrole nitrogens is 1. The maximum atomic E-state index is 11.7. The molecular weight excluding hydrogens is 232 g/mol. The van der Waals surface area contributed by atoms with E-state index in [0.717, 1.165) is 10.9 Å². The van der Waals surface area contributed by atoms with Crippen molar-refractivity contribution >= 4 is 22.8 Å². The molecule has 0 unspecified atom stereocenters. The van der Waals surface area contributed by atoms with E-state index < -0.39 is 5.97 Å². The third-order valence-electron chi connectivity index (χ3n) is 2.58. The number of nitrogens with one attached hydrogen (secondary N) is 1. The molecule has 1 aromatic heterocycles. The van der Waals surface area contributed by atoms with Crippen LogP contribution in [0.2, 0.25) is 0 Å². The fourth-order valence-corrected chi connectivity index (χ4v) is 1.52. The van der Waals surface area contributed by atoms with Gasteiger partial charge in [0.05, 0.1) is 0 Å². The summed E-state index contributed by atoms with van der Waals surface area (Å²) in [4.78, 5) is 27.3. The number of nitrogens with zero attached hydrogens (tertiary/aromatic N) is 1. The Labute approximate surface area is 104 Å². The van der Waals surface area contributed by atoms with E-state index in [4.69, 9.17) is 4.74 Å². The average Bonchev–Trinajstić information content (AvgIpc) is 2.79. The molecule has 0 aliphatic rings. The average molecular weight is 246 g/mol. The Balaban J connectivity index is 2.07. The van der Waals surface area contributed by atoms with Crippen molar-refractivity contribution in [3.05, 3.63) is 36.0 Å². The lowest BCUT2D eigenvalue weighted by atomic mass is 10.2. The Bertz CT molecular complexity index is 554. The number of aromatic amines is 1. The van der Waals surface area contributed by atoms with Crippen LogP contribution in [0.1, 0.15) is 10.5 Å². The topological polar surface area (TPSA) is 62.4 Å². The molecule has 18 heavy (non-hydrogen) atoms. The van der Waals surface area contributed by atoms with Crippen molar-refractivity contribution in [2.75, 3.05) is 20.7 Å². The SMILES string of the molecule is CN(C)C(=O)COC(=O)c1cc2ccccc2[nH]1. The van der Waals surface area contributed by atoms with Gasteiger partial charge in [-0.1, -0.05) is 18.2 Å². The molecule has 0 saturated carbocycles. The molecule has 5 heteroatoms. The fraction of sp³-hybridized carbons (Fsp3) is 0.231. The van der Waals surface area contributed by atoms with E-state index >= 15 is 0 Å². The van der Waals surface area contributed by atoms with Gasteiger partial charge in [0, 0.05) is 25.0 Å². The highest BCUT2D eigenvalue weighted by atomic mass is 16.5. The quantitative estimate of drug-likeness (QED) is 0.833. The number of ether oxygens (including phenoxy) is 1. The Morgan fingerprint density at radius 3 is 2.67 bits per heavy atom. The van der Waals surface area contributed by atoms with Gasteiger partial charge in [0.15, 0.2) is 6.61 Å². The Hall–Kier alpha value is -2.30. The number of benzene rings is 1. The minimum Gasteiger partial charge on any atom is -0.451 e. The Morgan fingerprint density at radius 2 is 2.00 bits per heavy atom. The lowest BCUT2D eigenvalue weighted by Gasteiger charge is -2.09. The maximum Gasteiger partial charge on any atom is 0.355 e. The van der Waals surface area contributed by atoms with Crippen molar-refractivity contribution in [1.82, 2.24) is 9.88 Å². The van der Waals surface area contributed by atoms with Crippen molar-refractivity contribution < 1.29 is 14.3 Å². The summed E-state index contributed by atoms with van der Waals surface area (Å²) in [6, 6.07) is 9.24. The van der Waals surface area contributed by atoms with Gasteiger partial charge in [0.1, 0.15) is 5.69 Å². The molecule has 2 aromatic rings. The van der Waals surface area contributed by atoms with Crippen molar-refractivity contribution in [3.8, 4) is 0 Å². The van der Waals surface area contributed by atoms with Crippen LogP contribution in [-0.4, -0.2) is 42.5 Å². The van der Waals surface area contributed by atoms with Gasteiger partial charge in [0.2, 0.25) is 0 Å². The third kappa shape index (κ3) is 2.51. The Kier molecular flexibility index (Phi) is 3.32. The molecule has 5 nitrogen and oxygen atoms in total. The zero-order valence-electron chi connectivity index (χ0n) is 10.3. The highest BCUT2D eigenvalue weighted by molar-refractivity contribution is 5.95. The van der Waals surface area contributed by atoms with Crippen molar-refractivity contribution in [3.63, 3.8) is 0 Å². The van der Waals surface area contributed by atoms with Gasteiger partial charge >= 0.3 is 5.97 Å². The molecule has 94 valence electrons. The number of carbonyl (C=O) groups is 2. The number of amides is 1. The number of hydrogen-bond acceptors (Lipinski definition) is 3. The van der Waals surface area contributed by atoms with Crippen LogP contribution in [0.4, 0.5) is 0 Å². The van der Waals surface area contributed by atoms with Gasteiger partial charge in [-0.2, -0.15) is 0 Å². The molecule has 2 rings (SSSR count). The number of likely N-dealkylation sites (N-methyl/N-ethyl adjacent to an activating group) is 1. The molecule has 0 aliphatic carbocycles. The molecule has 1 heterocycles. The molecule has 0 fully saturated rings. The summed E-state index contributed by atoms with van der Waals surface area (Å²) < 4.78 is 4.92. The third-order valence-corrected chi connectivity index (χ3v) is 2.58. The standard InChI is InChI=1S/C13H14N2O3/c1-15(2)12(16)8-18-13(17)11-7-9-5-3-4-6-10(9)14-11/h3-7,14H,8H2,1-2H3. The van der Waals surface area contributed by atoms with Crippen molar-refractivity contribution in [2.45, 2.75) is 0 Å². The molecule has 0 saturated heterocycles. The van der Waals surface area contributed by atoms with Crippen LogP contribution in [0.5, 0.6) is 0 Å². The van der Waals surface area contributed by atoms with Gasteiger partial charge in [0.25, 0.3) is 5.91 Å². The first-order valence-corrected chi connectivity index (χ1v) is 5.53. The highest BCUT2D eigenvalue weighted by Gasteiger charge is 2.13. The number of esters is 1. The molecule has 1 N–H and O–H groups in total. The highest BCUT2D eigenvalue weighted by Crippen LogP contribution is 2.15. The zero-order chi connectivity index (χ0) is 13.1. The van der Waals surface area contributed by atoms with Crippen LogP contribution in [0, 0.1) is 0 Å². The molecule has 0 aliphatic heterocycles. The van der Waals surface area contributed by atoms with E-state index in [-0.39, 0.29) is 12.5 Å². The minimum absolute atomic E-state index is 0.249. The first kappa shape index (κ1) is 12.2. The van der Waals surface area contributed by atoms with Crippen LogP contribution < -0.4 is 0 Å². The zero-order valence-corrected chi connectivity index (χ0v) is 10.3. The van der Waals surface area contributed by atoms with Gasteiger partial charge in [-0.25, -0.2) is 4.79 Å². The van der Waals surface area contributed by atoms with E-state index in [0.29, 0.717) is 5.69 Å². The normalized spacial score (nSPS) is 10.3. The lowest BCUT2D eigenvalue weighted by Crippen LogP contribution is -2.27. The van der Waals surface area contributed by atoms with Gasteiger partial charge in [-0.3, -0.25) is 4.79 Å². The summed E-state index contributed by atoms with van der Waals surface area (Å²) in [6.45, 7) is -0.249. The fourth-order valence-electron chi connectivity index (χ4n) is 1.52. The molecular formula is C13H14N2O3. The summed E-state index contributed by atoms with van der Waals surface area (Å²) >= 11 is 0. The lowest BCUT2D eigenvalue weighted by molar-refractivity contribution is -0.131. The summed E-state index contributed by atoms with van der Waals surface area (Å²) in [5.41, 5.74) is 1.21. The largest absolute Gasteiger partial charge is 0.451 e. The predicted molar refractivity (Wildman–Crippen MR) is 67.3 cm³/mol. The molecule has 0 atom stereocenters. The second-order valence-corrected chi connectivity index (χ2v) is 4.13. The van der Waals surface area contributed by atoms with E-state index in [1.807, 2.05) is 24.3 Å². The van der Waals surface area contributed by atoms with Gasteiger partial charge < -0.3 is 14.6 Å². The van der Waals surface area contributed by atoms with Crippen LogP contribution >= 0.6 is 0 Å². The van der Waals surface area contributed by atoms with Crippen LogP contribution in [-0.2, 0) is 9.53 Å². The van der Waals surface area contributed by atoms with Gasteiger partial charge in [-0.15, -0.1) is 0 Å². The molecule has 1 aromatic carbocycles. The van der Waals surface area contributed by atoms with E-state index in [2.05, 4.69) is 4.98 Å². The summed E-state index contributed by atoms with van der Waals surface area (Å²) in [6.07, 6.45) is 0. The monoisotopic (exact) mass is 246 g/mol. The van der Waals surface area contributed by atoms with E-state index in [1.165, 1.54) is 4.90 Å². The van der Waals surface area contributed by atoms with Crippen molar-refractivity contribution in [2.24, 2.45) is 0 Å². The summed E-state index contributed by atoms with van der Waals surface area (Å²) in [5.74, 6) is -0.777. The molecule has 0 spiro atoms. The summed E-state index contributed by atoms with van der Waals surface area (Å²) in [7, 11) is 3.22. The number of aromatic nitrogens is 1. The number of fused-ring (bicyclic) bond motifs is 1. The van der Waals surface area contributed by atoms with E-state index in [1.54, 1.807) is 20.2 Å². The smallest absolute Gasteiger partial charge is 0.355 e. The molecule has 0 radical (unpaired) electrons. The van der Waals surface area contributed by atoms with Crippen LogP contribution in [0.15, 0.2) is 30.3 Å². The van der Waals surface area contributed by atoms with E-state index in [9.17, 15) is 9.59 Å². The second kappa shape index (κ2) is 4.91. The second-order valence-electron chi connectivity index (χ2n) is 4.13. The maximum absolute atomic E-state index is 11.7. The Morgan fingerprint density at radius 1 is 1.28 bits per heavy atom. The predicted octanol–water partition coefficient (Wildman–Crippen LogP) is 1.41. The van der Waals surface area contributed by atoms with Crippen LogP contribution in [0.3, 0.4) is 0 Å². The summed E-state index contributed by atoms with van der Waals surface area (Å²) in [5, 5.41) is 0.934. The minimum atomic E-state index is -0.526. The number of carbonyl (C=O) groups excluding carboxylic acids is 2. The van der Waals surface area contributed by atoms with Crippen LogP contribution in [0.25, 0.3) is 10.9 Å². The first-order valence-electron chi connectivity index (χ1n) is 5.53. The number of rotatable bonds is 3. The first-order chi connectivity index (χ1) is 8.58.